The summed E-state index contributed by atoms with van der Waals surface area (Å²) in [6.07, 6.45) is 11.0. The molecule has 0 unspecified atom stereocenters. The second-order valence-corrected chi connectivity index (χ2v) is 6.49. The second-order valence-electron chi connectivity index (χ2n) is 6.04. The van der Waals surface area contributed by atoms with Crippen molar-refractivity contribution < 1.29 is 4.74 Å². The molecule has 0 spiro atoms. The molecule has 3 aromatic rings. The van der Waals surface area contributed by atoms with Crippen molar-refractivity contribution >= 4 is 34.4 Å². The first-order valence-corrected chi connectivity index (χ1v) is 9.39. The summed E-state index contributed by atoms with van der Waals surface area (Å²) in [6, 6.07) is 10.1. The van der Waals surface area contributed by atoms with E-state index in [1.54, 1.807) is 0 Å². The third-order valence-corrected chi connectivity index (χ3v) is 4.55. The molecular formula is C20H24N2OS. The van der Waals surface area contributed by atoms with E-state index >= 15 is 0 Å². The van der Waals surface area contributed by atoms with Gasteiger partial charge in [-0.05, 0) is 42.9 Å². The lowest BCUT2D eigenvalue weighted by atomic mass is 10.1. The highest BCUT2D eigenvalue weighted by atomic mass is 32.1. The molecule has 0 amide bonds. The molecule has 0 bridgehead atoms. The lowest BCUT2D eigenvalue weighted by molar-refractivity contribution is 0.308. The summed E-state index contributed by atoms with van der Waals surface area (Å²) in [6.45, 7) is 0.752. The van der Waals surface area contributed by atoms with Crippen LogP contribution in [0.2, 0.25) is 0 Å². The Hall–Kier alpha value is -1.81. The number of thiol groups is 1. The van der Waals surface area contributed by atoms with E-state index in [2.05, 4.69) is 40.8 Å². The van der Waals surface area contributed by atoms with Gasteiger partial charge in [-0.25, -0.2) is 0 Å². The van der Waals surface area contributed by atoms with E-state index < -0.39 is 0 Å². The van der Waals surface area contributed by atoms with Crippen molar-refractivity contribution in [3.8, 4) is 5.75 Å². The molecule has 4 heteroatoms. The van der Waals surface area contributed by atoms with E-state index in [4.69, 9.17) is 4.74 Å². The maximum atomic E-state index is 6.08. The standard InChI is InChI=1S/C20H24N2OS/c24-14-6-4-2-1-3-5-13-23-18-15-16-9-7-11-21-19(16)20-17(18)10-8-12-22-20/h7-12,15,24H,1-6,13-14H2. The van der Waals surface area contributed by atoms with Crippen molar-refractivity contribution in [3.63, 3.8) is 0 Å². The highest BCUT2D eigenvalue weighted by Crippen LogP contribution is 2.31. The monoisotopic (exact) mass is 340 g/mol. The Morgan fingerprint density at radius 1 is 0.833 bits per heavy atom. The summed E-state index contributed by atoms with van der Waals surface area (Å²) in [4.78, 5) is 8.98. The van der Waals surface area contributed by atoms with Gasteiger partial charge in [-0.2, -0.15) is 12.6 Å². The van der Waals surface area contributed by atoms with Gasteiger partial charge in [0, 0.05) is 23.2 Å². The minimum absolute atomic E-state index is 0.752. The third-order valence-electron chi connectivity index (χ3n) is 4.23. The third kappa shape index (κ3) is 4.18. The van der Waals surface area contributed by atoms with Gasteiger partial charge in [0.2, 0.25) is 0 Å². The molecule has 126 valence electrons. The molecule has 2 aromatic heterocycles. The Balaban J connectivity index is 1.64. The zero-order valence-corrected chi connectivity index (χ0v) is 14.8. The normalized spacial score (nSPS) is 11.2. The summed E-state index contributed by atoms with van der Waals surface area (Å²) in [5.74, 6) is 1.91. The van der Waals surface area contributed by atoms with Gasteiger partial charge in [-0.1, -0.05) is 31.7 Å². The van der Waals surface area contributed by atoms with Crippen LogP contribution in [0, 0.1) is 0 Å². The molecular weight excluding hydrogens is 316 g/mol. The van der Waals surface area contributed by atoms with Gasteiger partial charge < -0.3 is 4.74 Å². The number of hydrogen-bond donors (Lipinski definition) is 1. The van der Waals surface area contributed by atoms with Crippen molar-refractivity contribution in [2.45, 2.75) is 38.5 Å². The van der Waals surface area contributed by atoms with Crippen molar-refractivity contribution in [1.29, 1.82) is 0 Å². The van der Waals surface area contributed by atoms with E-state index in [0.717, 1.165) is 46.3 Å². The maximum absolute atomic E-state index is 6.08. The predicted molar refractivity (Wildman–Crippen MR) is 104 cm³/mol. The molecule has 0 aliphatic heterocycles. The Bertz CT molecular complexity index is 791. The largest absolute Gasteiger partial charge is 0.493 e. The highest BCUT2D eigenvalue weighted by Gasteiger charge is 2.09. The number of rotatable bonds is 9. The van der Waals surface area contributed by atoms with Crippen molar-refractivity contribution in [2.24, 2.45) is 0 Å². The molecule has 3 nitrogen and oxygen atoms in total. The van der Waals surface area contributed by atoms with E-state index in [1.807, 2.05) is 24.5 Å². The van der Waals surface area contributed by atoms with Crippen LogP contribution in [-0.2, 0) is 0 Å². The number of nitrogens with zero attached hydrogens (tertiary/aromatic N) is 2. The van der Waals surface area contributed by atoms with Gasteiger partial charge in [0.1, 0.15) is 11.3 Å². The molecule has 0 saturated heterocycles. The van der Waals surface area contributed by atoms with E-state index in [1.165, 1.54) is 32.1 Å². The van der Waals surface area contributed by atoms with Crippen LogP contribution in [0.15, 0.2) is 42.7 Å². The minimum atomic E-state index is 0.752. The lowest BCUT2D eigenvalue weighted by Gasteiger charge is -2.11. The van der Waals surface area contributed by atoms with Gasteiger partial charge in [0.25, 0.3) is 0 Å². The fraction of sp³-hybridized carbons (Fsp3) is 0.400. The Morgan fingerprint density at radius 3 is 2.38 bits per heavy atom. The Morgan fingerprint density at radius 2 is 1.54 bits per heavy atom. The first kappa shape index (κ1) is 17.0. The van der Waals surface area contributed by atoms with Crippen LogP contribution in [0.3, 0.4) is 0 Å². The van der Waals surface area contributed by atoms with Gasteiger partial charge in [-0.3, -0.25) is 9.97 Å². The quantitative estimate of drug-likeness (QED) is 0.320. The smallest absolute Gasteiger partial charge is 0.129 e. The molecule has 24 heavy (non-hydrogen) atoms. The van der Waals surface area contributed by atoms with Gasteiger partial charge in [0.15, 0.2) is 0 Å². The van der Waals surface area contributed by atoms with Gasteiger partial charge in [-0.15, -0.1) is 0 Å². The van der Waals surface area contributed by atoms with Crippen LogP contribution in [0.1, 0.15) is 38.5 Å². The van der Waals surface area contributed by atoms with Crippen LogP contribution in [-0.4, -0.2) is 22.3 Å². The SMILES string of the molecule is SCCCCCCCCOc1cc2cccnc2c2ncccc12. The van der Waals surface area contributed by atoms with E-state index in [9.17, 15) is 0 Å². The number of fused-ring (bicyclic) bond motifs is 3. The number of pyridine rings is 2. The van der Waals surface area contributed by atoms with Gasteiger partial charge in [0.05, 0.1) is 12.1 Å². The van der Waals surface area contributed by atoms with Crippen molar-refractivity contribution in [3.05, 3.63) is 42.7 Å². The summed E-state index contributed by atoms with van der Waals surface area (Å²) >= 11 is 4.24. The van der Waals surface area contributed by atoms with Crippen molar-refractivity contribution in [2.75, 3.05) is 12.4 Å². The van der Waals surface area contributed by atoms with E-state index in [0.29, 0.717) is 0 Å². The summed E-state index contributed by atoms with van der Waals surface area (Å²) in [7, 11) is 0. The number of aromatic nitrogens is 2. The number of ether oxygens (including phenoxy) is 1. The fourth-order valence-corrected chi connectivity index (χ4v) is 3.19. The number of unbranched alkanes of at least 4 members (excludes halogenated alkanes) is 5. The van der Waals surface area contributed by atoms with Crippen LogP contribution in [0.25, 0.3) is 21.8 Å². The van der Waals surface area contributed by atoms with Crippen molar-refractivity contribution in [1.82, 2.24) is 9.97 Å². The summed E-state index contributed by atoms with van der Waals surface area (Å²) in [5, 5.41) is 2.11. The lowest BCUT2D eigenvalue weighted by Crippen LogP contribution is -1.99. The topological polar surface area (TPSA) is 35.0 Å². The van der Waals surface area contributed by atoms with Crippen LogP contribution >= 0.6 is 12.6 Å². The molecule has 3 rings (SSSR count). The minimum Gasteiger partial charge on any atom is -0.493 e. The molecule has 0 radical (unpaired) electrons. The van der Waals surface area contributed by atoms with Gasteiger partial charge >= 0.3 is 0 Å². The zero-order chi connectivity index (χ0) is 16.6. The van der Waals surface area contributed by atoms with Crippen LogP contribution in [0.5, 0.6) is 5.75 Å². The first-order valence-electron chi connectivity index (χ1n) is 8.76. The molecule has 0 aliphatic rings. The Kier molecular flexibility index (Phi) is 6.30. The molecule has 0 saturated carbocycles. The second kappa shape index (κ2) is 8.88. The first-order chi connectivity index (χ1) is 11.9. The number of hydrogen-bond acceptors (Lipinski definition) is 4. The summed E-state index contributed by atoms with van der Waals surface area (Å²) < 4.78 is 6.08. The zero-order valence-electron chi connectivity index (χ0n) is 13.9. The summed E-state index contributed by atoms with van der Waals surface area (Å²) in [5.41, 5.74) is 1.85. The molecule has 2 heterocycles. The Labute approximate surface area is 148 Å². The van der Waals surface area contributed by atoms with Crippen LogP contribution in [0.4, 0.5) is 0 Å². The molecule has 0 aliphatic carbocycles. The average Bonchev–Trinajstić information content (AvgIpc) is 2.64. The molecule has 0 N–H and O–H groups in total. The maximum Gasteiger partial charge on any atom is 0.129 e. The highest BCUT2D eigenvalue weighted by molar-refractivity contribution is 7.80. The molecule has 0 atom stereocenters. The molecule has 0 fully saturated rings. The predicted octanol–water partition coefficient (Wildman–Crippen LogP) is 5.43. The average molecular weight is 340 g/mol. The molecule has 1 aromatic carbocycles. The fourth-order valence-electron chi connectivity index (χ4n) is 2.97. The van der Waals surface area contributed by atoms with E-state index in [-0.39, 0.29) is 0 Å². The number of benzene rings is 1. The van der Waals surface area contributed by atoms with Crippen LogP contribution < -0.4 is 4.74 Å².